The predicted octanol–water partition coefficient (Wildman–Crippen LogP) is 0.461. The van der Waals surface area contributed by atoms with E-state index in [4.69, 9.17) is 14.7 Å². The lowest BCUT2D eigenvalue weighted by molar-refractivity contribution is -0.134. The number of hydrogen-bond acceptors (Lipinski definition) is 7. The van der Waals surface area contributed by atoms with Crippen molar-refractivity contribution in [2.75, 3.05) is 64.8 Å². The van der Waals surface area contributed by atoms with Gasteiger partial charge < -0.3 is 19.9 Å². The molecule has 0 aromatic carbocycles. The Labute approximate surface area is 177 Å². The highest BCUT2D eigenvalue weighted by Crippen LogP contribution is 2.30. The van der Waals surface area contributed by atoms with Crippen molar-refractivity contribution in [3.63, 3.8) is 0 Å². The molecule has 3 aliphatic heterocycles. The van der Waals surface area contributed by atoms with Crippen LogP contribution in [0.1, 0.15) is 42.8 Å². The van der Waals surface area contributed by atoms with Crippen LogP contribution < -0.4 is 5.32 Å². The summed E-state index contributed by atoms with van der Waals surface area (Å²) in [5.41, 5.74) is 2.04. The molecule has 0 aliphatic carbocycles. The number of anilines is 1. The molecule has 0 radical (unpaired) electrons. The first-order valence-corrected chi connectivity index (χ1v) is 11.0. The van der Waals surface area contributed by atoms with Crippen LogP contribution in [-0.2, 0) is 27.3 Å². The molecular weight excluding hydrogens is 384 g/mol. The maximum atomic E-state index is 12.9. The van der Waals surface area contributed by atoms with Crippen molar-refractivity contribution in [3.05, 3.63) is 17.1 Å². The van der Waals surface area contributed by atoms with E-state index in [-0.39, 0.29) is 17.7 Å². The van der Waals surface area contributed by atoms with Gasteiger partial charge in [0, 0.05) is 58.2 Å². The average Bonchev–Trinajstić information content (AvgIpc) is 2.78. The molecule has 1 aromatic heterocycles. The summed E-state index contributed by atoms with van der Waals surface area (Å²) in [6, 6.07) is 0. The van der Waals surface area contributed by atoms with Crippen LogP contribution >= 0.6 is 0 Å². The second-order valence-corrected chi connectivity index (χ2v) is 8.36. The van der Waals surface area contributed by atoms with Crippen molar-refractivity contribution in [3.8, 4) is 0 Å². The number of hydrogen-bond donors (Lipinski definition) is 1. The second-order valence-electron chi connectivity index (χ2n) is 8.36. The van der Waals surface area contributed by atoms with Gasteiger partial charge in [0.1, 0.15) is 11.6 Å². The number of ether oxygens (including phenoxy) is 1. The van der Waals surface area contributed by atoms with Crippen molar-refractivity contribution in [2.45, 2.75) is 38.6 Å². The first-order chi connectivity index (χ1) is 14.5. The minimum Gasteiger partial charge on any atom is -0.379 e. The number of piperidine rings is 1. The van der Waals surface area contributed by atoms with Gasteiger partial charge in [-0.1, -0.05) is 0 Å². The van der Waals surface area contributed by atoms with E-state index in [1.165, 1.54) is 0 Å². The van der Waals surface area contributed by atoms with E-state index in [9.17, 15) is 9.59 Å². The van der Waals surface area contributed by atoms with Crippen LogP contribution in [0.2, 0.25) is 0 Å². The third-order valence-corrected chi connectivity index (χ3v) is 6.37. The van der Waals surface area contributed by atoms with Gasteiger partial charge in [-0.05, 0) is 19.3 Å². The zero-order valence-corrected chi connectivity index (χ0v) is 18.0. The summed E-state index contributed by atoms with van der Waals surface area (Å²) in [5, 5.41) is 3.22. The number of carbonyl (C=O) groups excluding carboxylic acids is 2. The van der Waals surface area contributed by atoms with E-state index in [2.05, 4.69) is 10.2 Å². The Balaban J connectivity index is 1.50. The third kappa shape index (κ3) is 4.57. The molecule has 9 heteroatoms. The van der Waals surface area contributed by atoms with Crippen LogP contribution in [0.4, 0.5) is 5.82 Å². The zero-order valence-electron chi connectivity index (χ0n) is 18.0. The highest BCUT2D eigenvalue weighted by atomic mass is 16.5. The first kappa shape index (κ1) is 21.0. The molecule has 1 atom stereocenters. The number of nitrogens with zero attached hydrogens (tertiary/aromatic N) is 5. The largest absolute Gasteiger partial charge is 0.379 e. The fraction of sp³-hybridized carbons (Fsp3) is 0.714. The number of aromatic nitrogens is 2. The molecule has 2 fully saturated rings. The zero-order chi connectivity index (χ0) is 21.1. The molecule has 1 aromatic rings. The molecule has 9 nitrogen and oxygen atoms in total. The smallest absolute Gasteiger partial charge is 0.237 e. The van der Waals surface area contributed by atoms with Crippen LogP contribution in [0.5, 0.6) is 0 Å². The summed E-state index contributed by atoms with van der Waals surface area (Å²) in [5.74, 6) is 2.03. The topological polar surface area (TPSA) is 90.9 Å². The Bertz CT molecular complexity index is 795. The molecule has 30 heavy (non-hydrogen) atoms. The fourth-order valence-electron chi connectivity index (χ4n) is 4.58. The highest BCUT2D eigenvalue weighted by molar-refractivity contribution is 5.78. The number of carbonyl (C=O) groups is 2. The molecule has 1 N–H and O–H groups in total. The predicted molar refractivity (Wildman–Crippen MR) is 112 cm³/mol. The molecule has 3 aliphatic rings. The number of fused-ring (bicyclic) bond motifs is 1. The van der Waals surface area contributed by atoms with E-state index in [1.807, 2.05) is 16.8 Å². The Morgan fingerprint density at radius 3 is 2.67 bits per heavy atom. The molecule has 2 saturated heterocycles. The summed E-state index contributed by atoms with van der Waals surface area (Å²) < 4.78 is 5.38. The standard InChI is InChI=1S/C21H32N6O3/c1-15(28)26-6-3-4-16(12-26)20-23-18-13-27(7-5-17(18)21(22-2)24-20)19(29)14-25-8-10-30-11-9-25/h16H,3-14H2,1-2H3,(H,22,23,24)/t16-/m0/s1. The molecule has 0 unspecified atom stereocenters. The Hall–Kier alpha value is -2.26. The second kappa shape index (κ2) is 9.26. The van der Waals surface area contributed by atoms with Gasteiger partial charge in [0.15, 0.2) is 0 Å². The number of morpholine rings is 1. The van der Waals surface area contributed by atoms with Gasteiger partial charge in [-0.2, -0.15) is 0 Å². The van der Waals surface area contributed by atoms with Gasteiger partial charge >= 0.3 is 0 Å². The average molecular weight is 417 g/mol. The monoisotopic (exact) mass is 416 g/mol. The lowest BCUT2D eigenvalue weighted by Gasteiger charge is -2.34. The van der Waals surface area contributed by atoms with E-state index in [0.717, 1.165) is 61.8 Å². The molecule has 0 bridgehead atoms. The van der Waals surface area contributed by atoms with Crippen molar-refractivity contribution in [2.24, 2.45) is 0 Å². The SMILES string of the molecule is CNc1nc([C@H]2CCCN(C(C)=O)C2)nc2c1CCN(C(=O)CN1CCOCC1)C2. The van der Waals surface area contributed by atoms with Gasteiger partial charge in [-0.15, -0.1) is 0 Å². The van der Waals surface area contributed by atoms with E-state index < -0.39 is 0 Å². The van der Waals surface area contributed by atoms with E-state index >= 15 is 0 Å². The fourth-order valence-corrected chi connectivity index (χ4v) is 4.58. The highest BCUT2D eigenvalue weighted by Gasteiger charge is 2.30. The summed E-state index contributed by atoms with van der Waals surface area (Å²) in [6.45, 7) is 7.73. The van der Waals surface area contributed by atoms with Crippen molar-refractivity contribution in [1.82, 2.24) is 24.7 Å². The summed E-state index contributed by atoms with van der Waals surface area (Å²) in [6.07, 6.45) is 2.69. The van der Waals surface area contributed by atoms with Crippen molar-refractivity contribution in [1.29, 1.82) is 0 Å². The normalized spacial score (nSPS) is 22.5. The van der Waals surface area contributed by atoms with Crippen molar-refractivity contribution >= 4 is 17.6 Å². The molecule has 4 rings (SSSR count). The quantitative estimate of drug-likeness (QED) is 0.763. The molecule has 4 heterocycles. The minimum atomic E-state index is 0.103. The van der Waals surface area contributed by atoms with E-state index in [1.54, 1.807) is 6.92 Å². The van der Waals surface area contributed by atoms with Gasteiger partial charge in [0.05, 0.1) is 32.0 Å². The molecule has 164 valence electrons. The number of likely N-dealkylation sites (tertiary alicyclic amines) is 1. The minimum absolute atomic E-state index is 0.103. The summed E-state index contributed by atoms with van der Waals surface area (Å²) in [7, 11) is 1.88. The third-order valence-electron chi connectivity index (χ3n) is 6.37. The lowest BCUT2D eigenvalue weighted by atomic mass is 9.96. The number of rotatable bonds is 4. The summed E-state index contributed by atoms with van der Waals surface area (Å²) >= 11 is 0. The first-order valence-electron chi connectivity index (χ1n) is 11.0. The van der Waals surface area contributed by atoms with Gasteiger partial charge in [-0.25, -0.2) is 9.97 Å². The molecule has 0 saturated carbocycles. The lowest BCUT2D eigenvalue weighted by Crippen LogP contribution is -2.46. The van der Waals surface area contributed by atoms with Crippen LogP contribution in [0.25, 0.3) is 0 Å². The molecule has 2 amide bonds. The van der Waals surface area contributed by atoms with Crippen LogP contribution in [0, 0.1) is 0 Å². The maximum Gasteiger partial charge on any atom is 0.237 e. The van der Waals surface area contributed by atoms with Crippen molar-refractivity contribution < 1.29 is 14.3 Å². The number of amides is 2. The van der Waals surface area contributed by atoms with Gasteiger partial charge in [0.25, 0.3) is 0 Å². The summed E-state index contributed by atoms with van der Waals surface area (Å²) in [4.78, 5) is 40.4. The number of nitrogens with one attached hydrogen (secondary N) is 1. The Morgan fingerprint density at radius 2 is 1.93 bits per heavy atom. The maximum absolute atomic E-state index is 12.9. The van der Waals surface area contributed by atoms with E-state index in [0.29, 0.717) is 39.4 Å². The van der Waals surface area contributed by atoms with Crippen LogP contribution in [-0.4, -0.2) is 96.0 Å². The van der Waals surface area contributed by atoms with Crippen LogP contribution in [0.15, 0.2) is 0 Å². The van der Waals surface area contributed by atoms with Gasteiger partial charge in [-0.3, -0.25) is 14.5 Å². The van der Waals surface area contributed by atoms with Crippen LogP contribution in [0.3, 0.4) is 0 Å². The van der Waals surface area contributed by atoms with Gasteiger partial charge in [0.2, 0.25) is 11.8 Å². The molecule has 0 spiro atoms. The Morgan fingerprint density at radius 1 is 1.13 bits per heavy atom. The Kier molecular flexibility index (Phi) is 6.48. The molecular formula is C21H32N6O3.